The van der Waals surface area contributed by atoms with Crippen molar-refractivity contribution in [3.8, 4) is 6.07 Å². The monoisotopic (exact) mass is 278 g/mol. The Morgan fingerprint density at radius 2 is 1.95 bits per heavy atom. The summed E-state index contributed by atoms with van der Waals surface area (Å²) in [4.78, 5) is 4.39. The van der Waals surface area contributed by atoms with E-state index in [0.29, 0.717) is 5.69 Å². The molecule has 0 aliphatic rings. The van der Waals surface area contributed by atoms with Crippen LogP contribution in [-0.4, -0.2) is 4.98 Å². The van der Waals surface area contributed by atoms with Crippen LogP contribution in [-0.2, 0) is 5.75 Å². The number of aromatic nitrogens is 1. The molecule has 20 heavy (non-hydrogen) atoms. The van der Waals surface area contributed by atoms with Gasteiger partial charge in [-0.05, 0) is 36.2 Å². The minimum absolute atomic E-state index is 0.618. The highest BCUT2D eigenvalue weighted by atomic mass is 32.2. The lowest BCUT2D eigenvalue weighted by molar-refractivity contribution is 1.32. The van der Waals surface area contributed by atoms with Crippen molar-refractivity contribution in [2.45, 2.75) is 17.6 Å². The molecule has 0 spiro atoms. The smallest absolute Gasteiger partial charge is 0.118 e. The Hall–Kier alpha value is -2.18. The fourth-order valence-corrected chi connectivity index (χ4v) is 3.36. The zero-order valence-electron chi connectivity index (χ0n) is 11.2. The molecule has 0 saturated carbocycles. The summed E-state index contributed by atoms with van der Waals surface area (Å²) >= 11 is 1.80. The van der Waals surface area contributed by atoms with E-state index in [4.69, 9.17) is 5.26 Å². The summed E-state index contributed by atoms with van der Waals surface area (Å²) in [6, 6.07) is 18.8. The highest BCUT2D eigenvalue weighted by Crippen LogP contribution is 2.31. The maximum atomic E-state index is 9.02. The molecule has 3 heteroatoms. The molecule has 0 bridgehead atoms. The largest absolute Gasteiger partial charge is 0.345 e. The Labute approximate surface area is 122 Å². The molecular formula is C17H14N2S. The molecule has 0 aliphatic heterocycles. The molecule has 0 amide bonds. The van der Waals surface area contributed by atoms with Crippen molar-refractivity contribution in [1.29, 1.82) is 5.26 Å². The van der Waals surface area contributed by atoms with E-state index in [2.05, 4.69) is 54.4 Å². The first-order valence-electron chi connectivity index (χ1n) is 6.46. The third kappa shape index (κ3) is 2.56. The van der Waals surface area contributed by atoms with Gasteiger partial charge in [0.05, 0.1) is 5.52 Å². The normalized spacial score (nSPS) is 10.6. The number of nitriles is 1. The van der Waals surface area contributed by atoms with Gasteiger partial charge in [0.2, 0.25) is 0 Å². The van der Waals surface area contributed by atoms with Gasteiger partial charge < -0.3 is 4.98 Å². The van der Waals surface area contributed by atoms with Crippen LogP contribution >= 0.6 is 11.8 Å². The number of H-pyrrole nitrogens is 1. The first-order valence-corrected chi connectivity index (χ1v) is 7.45. The number of benzene rings is 2. The minimum Gasteiger partial charge on any atom is -0.345 e. The Balaban J connectivity index is 1.94. The van der Waals surface area contributed by atoms with E-state index in [-0.39, 0.29) is 0 Å². The maximum absolute atomic E-state index is 9.02. The summed E-state index contributed by atoms with van der Waals surface area (Å²) in [5.41, 5.74) is 4.20. The van der Waals surface area contributed by atoms with Crippen LogP contribution in [0.1, 0.15) is 16.8 Å². The van der Waals surface area contributed by atoms with E-state index in [0.717, 1.165) is 16.7 Å². The van der Waals surface area contributed by atoms with Gasteiger partial charge in [0, 0.05) is 16.0 Å². The summed E-state index contributed by atoms with van der Waals surface area (Å²) in [5, 5.41) is 10.1. The van der Waals surface area contributed by atoms with Gasteiger partial charge in [0.15, 0.2) is 0 Å². The van der Waals surface area contributed by atoms with Gasteiger partial charge in [-0.2, -0.15) is 5.26 Å². The highest BCUT2D eigenvalue weighted by Gasteiger charge is 2.07. The first kappa shape index (κ1) is 12.8. The average molecular weight is 278 g/mol. The fraction of sp³-hybridized carbons (Fsp3) is 0.118. The zero-order chi connectivity index (χ0) is 13.9. The number of aromatic amines is 1. The van der Waals surface area contributed by atoms with Gasteiger partial charge >= 0.3 is 0 Å². The van der Waals surface area contributed by atoms with E-state index in [1.807, 2.05) is 12.1 Å². The Morgan fingerprint density at radius 1 is 1.15 bits per heavy atom. The van der Waals surface area contributed by atoms with Crippen LogP contribution in [0.4, 0.5) is 0 Å². The van der Waals surface area contributed by atoms with Crippen LogP contribution in [0, 0.1) is 18.3 Å². The molecule has 0 unspecified atom stereocenters. The van der Waals surface area contributed by atoms with Crippen LogP contribution in [0.15, 0.2) is 53.4 Å². The standard InChI is InChI=1S/C17H14N2S/c1-12-7-14-9-15(10-18)19-17(14)16(8-12)20-11-13-5-3-2-4-6-13/h2-9,19H,11H2,1H3. The molecule has 1 N–H and O–H groups in total. The molecule has 0 aliphatic carbocycles. The second kappa shape index (κ2) is 5.44. The Morgan fingerprint density at radius 3 is 2.70 bits per heavy atom. The molecule has 3 aromatic rings. The third-order valence-electron chi connectivity index (χ3n) is 3.19. The second-order valence-electron chi connectivity index (χ2n) is 4.80. The molecule has 0 fully saturated rings. The number of fused-ring (bicyclic) bond motifs is 1. The topological polar surface area (TPSA) is 39.6 Å². The van der Waals surface area contributed by atoms with E-state index in [1.54, 1.807) is 11.8 Å². The van der Waals surface area contributed by atoms with Crippen molar-refractivity contribution >= 4 is 22.7 Å². The summed E-state index contributed by atoms with van der Waals surface area (Å²) in [5.74, 6) is 0.931. The van der Waals surface area contributed by atoms with Gasteiger partial charge in [-0.15, -0.1) is 11.8 Å². The Kier molecular flexibility index (Phi) is 3.49. The minimum atomic E-state index is 0.618. The predicted molar refractivity (Wildman–Crippen MR) is 83.8 cm³/mol. The second-order valence-corrected chi connectivity index (χ2v) is 5.81. The number of aryl methyl sites for hydroxylation is 1. The SMILES string of the molecule is Cc1cc(SCc2ccccc2)c2[nH]c(C#N)cc2c1. The molecule has 0 saturated heterocycles. The average Bonchev–Trinajstić information content (AvgIpc) is 2.88. The number of nitrogens with one attached hydrogen (secondary N) is 1. The highest BCUT2D eigenvalue weighted by molar-refractivity contribution is 7.98. The van der Waals surface area contributed by atoms with Crippen LogP contribution < -0.4 is 0 Å². The fourth-order valence-electron chi connectivity index (χ4n) is 2.26. The summed E-state index contributed by atoms with van der Waals surface area (Å²) in [6.45, 7) is 2.09. The molecule has 1 heterocycles. The number of rotatable bonds is 3. The zero-order valence-corrected chi connectivity index (χ0v) is 12.0. The van der Waals surface area contributed by atoms with Crippen molar-refractivity contribution in [2.24, 2.45) is 0 Å². The summed E-state index contributed by atoms with van der Waals surface area (Å²) in [6.07, 6.45) is 0. The van der Waals surface area contributed by atoms with Crippen molar-refractivity contribution in [3.63, 3.8) is 0 Å². The van der Waals surface area contributed by atoms with Crippen LogP contribution in [0.2, 0.25) is 0 Å². The molecule has 0 radical (unpaired) electrons. The van der Waals surface area contributed by atoms with Gasteiger partial charge in [-0.3, -0.25) is 0 Å². The number of nitrogens with zero attached hydrogens (tertiary/aromatic N) is 1. The molecule has 1 aromatic heterocycles. The Bertz CT molecular complexity index is 782. The van der Waals surface area contributed by atoms with Crippen molar-refractivity contribution in [1.82, 2.24) is 4.98 Å². The number of hydrogen-bond acceptors (Lipinski definition) is 2. The summed E-state index contributed by atoms with van der Waals surface area (Å²) in [7, 11) is 0. The molecule has 98 valence electrons. The van der Waals surface area contributed by atoms with Gasteiger partial charge in [-0.1, -0.05) is 30.3 Å². The molecule has 2 aromatic carbocycles. The first-order chi connectivity index (χ1) is 9.76. The third-order valence-corrected chi connectivity index (χ3v) is 4.30. The van der Waals surface area contributed by atoms with Crippen LogP contribution in [0.25, 0.3) is 10.9 Å². The predicted octanol–water partition coefficient (Wildman–Crippen LogP) is 4.64. The lowest BCUT2D eigenvalue weighted by Crippen LogP contribution is -1.83. The molecule has 2 nitrogen and oxygen atoms in total. The van der Waals surface area contributed by atoms with Gasteiger partial charge in [-0.25, -0.2) is 0 Å². The van der Waals surface area contributed by atoms with E-state index >= 15 is 0 Å². The summed E-state index contributed by atoms with van der Waals surface area (Å²) < 4.78 is 0. The van der Waals surface area contributed by atoms with Gasteiger partial charge in [0.25, 0.3) is 0 Å². The van der Waals surface area contributed by atoms with E-state index in [1.165, 1.54) is 16.0 Å². The van der Waals surface area contributed by atoms with Crippen molar-refractivity contribution < 1.29 is 0 Å². The van der Waals surface area contributed by atoms with Crippen molar-refractivity contribution in [2.75, 3.05) is 0 Å². The van der Waals surface area contributed by atoms with Crippen molar-refractivity contribution in [3.05, 3.63) is 65.4 Å². The maximum Gasteiger partial charge on any atom is 0.118 e. The number of hydrogen-bond donors (Lipinski definition) is 1. The molecule has 0 atom stereocenters. The lowest BCUT2D eigenvalue weighted by atomic mass is 10.2. The lowest BCUT2D eigenvalue weighted by Gasteiger charge is -2.05. The van der Waals surface area contributed by atoms with Gasteiger partial charge in [0.1, 0.15) is 11.8 Å². The van der Waals surface area contributed by atoms with E-state index < -0.39 is 0 Å². The molecular weight excluding hydrogens is 264 g/mol. The van der Waals surface area contributed by atoms with E-state index in [9.17, 15) is 0 Å². The van der Waals surface area contributed by atoms with Crippen LogP contribution in [0.3, 0.4) is 0 Å². The molecule has 3 rings (SSSR count). The van der Waals surface area contributed by atoms with Crippen LogP contribution in [0.5, 0.6) is 0 Å². The number of thioether (sulfide) groups is 1. The quantitative estimate of drug-likeness (QED) is 0.709.